The Morgan fingerprint density at radius 1 is 1.56 bits per heavy atom. The number of rotatable bonds is 5. The number of nitrogens with zero attached hydrogens (tertiary/aromatic N) is 1. The van der Waals surface area contributed by atoms with Crippen LogP contribution >= 0.6 is 15.9 Å². The van der Waals surface area contributed by atoms with Crippen molar-refractivity contribution in [1.29, 1.82) is 0 Å². The third-order valence-electron chi connectivity index (χ3n) is 2.42. The monoisotopic (exact) mass is 314 g/mol. The van der Waals surface area contributed by atoms with E-state index in [1.807, 2.05) is 6.92 Å². The molecule has 0 aliphatic heterocycles. The molecular formula is C12H15BrN2O3. The lowest BCUT2D eigenvalue weighted by atomic mass is 10.1. The largest absolute Gasteiger partial charge is 0.352 e. The minimum atomic E-state index is -0.540. The number of nitrogens with one attached hydrogen (secondary N) is 1. The lowest BCUT2D eigenvalue weighted by Gasteiger charge is -2.07. The average molecular weight is 315 g/mol. The van der Waals surface area contributed by atoms with Crippen molar-refractivity contribution in [2.45, 2.75) is 25.1 Å². The number of nitro groups is 1. The average Bonchev–Trinajstić information content (AvgIpc) is 2.27. The fourth-order valence-corrected chi connectivity index (χ4v) is 1.70. The molecule has 1 N–H and O–H groups in total. The Hall–Kier alpha value is -1.43. The van der Waals surface area contributed by atoms with E-state index in [0.717, 1.165) is 12.0 Å². The smallest absolute Gasteiger partial charge is 0.282 e. The van der Waals surface area contributed by atoms with Gasteiger partial charge in [-0.1, -0.05) is 28.9 Å². The van der Waals surface area contributed by atoms with Crippen molar-refractivity contribution in [3.05, 3.63) is 39.4 Å². The molecule has 6 heteroatoms. The van der Waals surface area contributed by atoms with E-state index in [1.165, 1.54) is 12.1 Å². The molecule has 0 aliphatic rings. The molecule has 1 unspecified atom stereocenters. The van der Waals surface area contributed by atoms with Gasteiger partial charge in [-0.2, -0.15) is 0 Å². The van der Waals surface area contributed by atoms with Crippen LogP contribution in [-0.4, -0.2) is 22.2 Å². The van der Waals surface area contributed by atoms with Crippen LogP contribution in [0.5, 0.6) is 0 Å². The van der Waals surface area contributed by atoms with Crippen LogP contribution in [-0.2, 0) is 0 Å². The van der Waals surface area contributed by atoms with Crippen LogP contribution in [0.25, 0.3) is 0 Å². The van der Waals surface area contributed by atoms with Crippen molar-refractivity contribution in [2.75, 3.05) is 6.54 Å². The standard InChI is InChI=1S/C12H15BrN2O3/c1-8-3-4-11(15(17)18)10(7-8)12(16)14-6-5-9(2)13/h3-4,7,9H,5-6H2,1-2H3,(H,14,16). The van der Waals surface area contributed by atoms with Crippen molar-refractivity contribution < 1.29 is 9.72 Å². The highest BCUT2D eigenvalue weighted by Crippen LogP contribution is 2.19. The van der Waals surface area contributed by atoms with Gasteiger partial charge in [-0.3, -0.25) is 14.9 Å². The zero-order valence-corrected chi connectivity index (χ0v) is 11.9. The van der Waals surface area contributed by atoms with Gasteiger partial charge in [-0.25, -0.2) is 0 Å². The lowest BCUT2D eigenvalue weighted by Crippen LogP contribution is -2.26. The quantitative estimate of drug-likeness (QED) is 0.516. The summed E-state index contributed by atoms with van der Waals surface area (Å²) in [5.74, 6) is -0.404. The number of benzene rings is 1. The van der Waals surface area contributed by atoms with Crippen molar-refractivity contribution in [3.63, 3.8) is 0 Å². The van der Waals surface area contributed by atoms with Crippen molar-refractivity contribution >= 4 is 27.5 Å². The van der Waals surface area contributed by atoms with Crippen LogP contribution in [0.15, 0.2) is 18.2 Å². The zero-order valence-electron chi connectivity index (χ0n) is 10.3. The van der Waals surface area contributed by atoms with Gasteiger partial charge in [0.25, 0.3) is 11.6 Å². The van der Waals surface area contributed by atoms with Gasteiger partial charge in [0.15, 0.2) is 0 Å². The molecule has 0 aliphatic carbocycles. The van der Waals surface area contributed by atoms with Crippen molar-refractivity contribution in [2.24, 2.45) is 0 Å². The van der Waals surface area contributed by atoms with Gasteiger partial charge >= 0.3 is 0 Å². The van der Waals surface area contributed by atoms with E-state index in [1.54, 1.807) is 13.0 Å². The molecule has 0 aromatic heterocycles. The first kappa shape index (κ1) is 14.6. The molecule has 1 aromatic carbocycles. The highest BCUT2D eigenvalue weighted by Gasteiger charge is 2.19. The number of amides is 1. The van der Waals surface area contributed by atoms with Gasteiger partial charge in [0.05, 0.1) is 4.92 Å². The molecule has 1 amide bonds. The first-order chi connectivity index (χ1) is 8.41. The second-order valence-electron chi connectivity index (χ2n) is 4.10. The highest BCUT2D eigenvalue weighted by atomic mass is 79.9. The number of carbonyl (C=O) groups excluding carboxylic acids is 1. The molecule has 18 heavy (non-hydrogen) atoms. The normalized spacial score (nSPS) is 11.9. The summed E-state index contributed by atoms with van der Waals surface area (Å²) in [6.07, 6.45) is 0.769. The van der Waals surface area contributed by atoms with Crippen molar-refractivity contribution in [3.8, 4) is 0 Å². The Labute approximate surface area is 114 Å². The molecule has 0 heterocycles. The Morgan fingerprint density at radius 3 is 2.78 bits per heavy atom. The fraction of sp³-hybridized carbons (Fsp3) is 0.417. The molecule has 1 atom stereocenters. The molecule has 0 spiro atoms. The predicted octanol–water partition coefficient (Wildman–Crippen LogP) is 2.81. The number of hydrogen-bond acceptors (Lipinski definition) is 3. The lowest BCUT2D eigenvalue weighted by molar-refractivity contribution is -0.385. The second-order valence-corrected chi connectivity index (χ2v) is 5.67. The number of aryl methyl sites for hydroxylation is 1. The summed E-state index contributed by atoms with van der Waals surface area (Å²) in [4.78, 5) is 22.5. The minimum absolute atomic E-state index is 0.113. The fourth-order valence-electron chi connectivity index (χ4n) is 1.47. The number of hydrogen-bond donors (Lipinski definition) is 1. The first-order valence-corrected chi connectivity index (χ1v) is 6.50. The first-order valence-electron chi connectivity index (χ1n) is 5.59. The summed E-state index contributed by atoms with van der Waals surface area (Å²) in [5.41, 5.74) is 0.770. The van der Waals surface area contributed by atoms with E-state index in [2.05, 4.69) is 21.2 Å². The van der Waals surface area contributed by atoms with E-state index >= 15 is 0 Å². The van der Waals surface area contributed by atoms with Crippen LogP contribution in [0, 0.1) is 17.0 Å². The Kier molecular flexibility index (Phi) is 5.27. The predicted molar refractivity (Wildman–Crippen MR) is 73.2 cm³/mol. The van der Waals surface area contributed by atoms with E-state index in [4.69, 9.17) is 0 Å². The minimum Gasteiger partial charge on any atom is -0.352 e. The highest BCUT2D eigenvalue weighted by molar-refractivity contribution is 9.09. The van der Waals surface area contributed by atoms with Gasteiger partial charge < -0.3 is 5.32 Å². The molecule has 5 nitrogen and oxygen atoms in total. The van der Waals surface area contributed by atoms with Gasteiger partial charge in [0.1, 0.15) is 5.56 Å². The molecule has 0 bridgehead atoms. The molecule has 0 saturated carbocycles. The summed E-state index contributed by atoms with van der Waals surface area (Å²) < 4.78 is 0. The van der Waals surface area contributed by atoms with E-state index in [9.17, 15) is 14.9 Å². The third-order valence-corrected chi connectivity index (χ3v) is 2.88. The SMILES string of the molecule is Cc1ccc([N+](=O)[O-])c(C(=O)NCCC(C)Br)c1. The molecule has 1 rings (SSSR count). The summed E-state index contributed by atoms with van der Waals surface area (Å²) in [6, 6.07) is 4.51. The zero-order chi connectivity index (χ0) is 13.7. The van der Waals surface area contributed by atoms with E-state index in [-0.39, 0.29) is 11.3 Å². The van der Waals surface area contributed by atoms with Gasteiger partial charge in [-0.15, -0.1) is 0 Å². The molecular weight excluding hydrogens is 300 g/mol. The number of alkyl halides is 1. The Bertz CT molecular complexity index is 461. The van der Waals surface area contributed by atoms with Crippen LogP contribution < -0.4 is 5.32 Å². The number of nitro benzene ring substituents is 1. The number of halogens is 1. The van der Waals surface area contributed by atoms with Crippen molar-refractivity contribution in [1.82, 2.24) is 5.32 Å². The summed E-state index contributed by atoms with van der Waals surface area (Å²) >= 11 is 3.37. The Balaban J connectivity index is 2.84. The van der Waals surface area contributed by atoms with E-state index in [0.29, 0.717) is 11.4 Å². The van der Waals surface area contributed by atoms with Crippen LogP contribution in [0.4, 0.5) is 5.69 Å². The third kappa shape index (κ3) is 4.10. The number of carbonyl (C=O) groups is 1. The van der Waals surface area contributed by atoms with Crippen LogP contribution in [0.2, 0.25) is 0 Å². The van der Waals surface area contributed by atoms with Crippen LogP contribution in [0.3, 0.4) is 0 Å². The van der Waals surface area contributed by atoms with Gasteiger partial charge in [0, 0.05) is 17.4 Å². The molecule has 1 aromatic rings. The maximum Gasteiger partial charge on any atom is 0.282 e. The molecule has 0 saturated heterocycles. The second kappa shape index (κ2) is 6.49. The van der Waals surface area contributed by atoms with Gasteiger partial charge in [-0.05, 0) is 25.0 Å². The van der Waals surface area contributed by atoms with E-state index < -0.39 is 10.8 Å². The topological polar surface area (TPSA) is 72.2 Å². The maximum absolute atomic E-state index is 11.9. The Morgan fingerprint density at radius 2 is 2.22 bits per heavy atom. The summed E-state index contributed by atoms with van der Waals surface area (Å²) in [5, 5.41) is 13.5. The summed E-state index contributed by atoms with van der Waals surface area (Å²) in [7, 11) is 0. The molecule has 98 valence electrons. The molecule has 0 fully saturated rings. The van der Waals surface area contributed by atoms with Gasteiger partial charge in [0.2, 0.25) is 0 Å². The summed E-state index contributed by atoms with van der Waals surface area (Å²) in [6.45, 7) is 4.25. The maximum atomic E-state index is 11.9. The van der Waals surface area contributed by atoms with Crippen LogP contribution in [0.1, 0.15) is 29.3 Å². The molecule has 0 radical (unpaired) electrons.